The van der Waals surface area contributed by atoms with Gasteiger partial charge in [-0.1, -0.05) is 18.5 Å². The molecule has 1 aliphatic heterocycles. The third-order valence-corrected chi connectivity index (χ3v) is 5.30. The topological polar surface area (TPSA) is 81.1 Å². The average molecular weight is 364 g/mol. The second kappa shape index (κ2) is 7.51. The molecule has 1 fully saturated rings. The van der Waals surface area contributed by atoms with Gasteiger partial charge in [0.25, 0.3) is 0 Å². The minimum Gasteiger partial charge on any atom is -0.368 e. The van der Waals surface area contributed by atoms with Gasteiger partial charge in [-0.3, -0.25) is 0 Å². The molecule has 0 aliphatic carbocycles. The monoisotopic (exact) mass is 363 g/mol. The summed E-state index contributed by atoms with van der Waals surface area (Å²) >= 11 is 7.80. The first-order valence-electron chi connectivity index (χ1n) is 8.24. The van der Waals surface area contributed by atoms with E-state index in [9.17, 15) is 0 Å². The maximum absolute atomic E-state index is 6.10. The fourth-order valence-corrected chi connectivity index (χ4v) is 4.37. The van der Waals surface area contributed by atoms with Crippen LogP contribution in [0.2, 0.25) is 5.02 Å². The first kappa shape index (κ1) is 17.2. The van der Waals surface area contributed by atoms with Crippen molar-refractivity contribution in [3.8, 4) is 0 Å². The minimum atomic E-state index is 0.345. The van der Waals surface area contributed by atoms with Crippen LogP contribution in [0.15, 0.2) is 18.2 Å². The third-order valence-electron chi connectivity index (χ3n) is 3.93. The predicted octanol–water partition coefficient (Wildman–Crippen LogP) is 4.04. The standard InChI is InChI=1S/C15H15ClN4S.C2H7N/c16-9-4-5-10-11(8-9)21-13-12(10)18-15(17)19-14(13)20-6-2-1-3-7-20;1-2-3/h4-5,8H,1-3,6-7H2,(H2,17,18,19);2-3H2,1H3. The molecule has 0 amide bonds. The maximum Gasteiger partial charge on any atom is 0.222 e. The Morgan fingerprint density at radius 1 is 1.21 bits per heavy atom. The number of thiophene rings is 1. The lowest BCUT2D eigenvalue weighted by Crippen LogP contribution is -2.30. The van der Waals surface area contributed by atoms with Gasteiger partial charge >= 0.3 is 0 Å². The van der Waals surface area contributed by atoms with Crippen LogP contribution in [0, 0.1) is 0 Å². The van der Waals surface area contributed by atoms with E-state index in [-0.39, 0.29) is 0 Å². The molecular formula is C17H22ClN5S. The number of benzene rings is 1. The zero-order chi connectivity index (χ0) is 17.1. The molecule has 0 radical (unpaired) electrons. The highest BCUT2D eigenvalue weighted by Crippen LogP contribution is 2.39. The number of hydrogen-bond acceptors (Lipinski definition) is 6. The molecule has 4 N–H and O–H groups in total. The molecule has 5 nitrogen and oxygen atoms in total. The first-order chi connectivity index (χ1) is 11.6. The van der Waals surface area contributed by atoms with E-state index >= 15 is 0 Å². The van der Waals surface area contributed by atoms with Crippen LogP contribution in [0.5, 0.6) is 0 Å². The molecule has 1 saturated heterocycles. The van der Waals surface area contributed by atoms with Gasteiger partial charge in [0.15, 0.2) is 5.82 Å². The summed E-state index contributed by atoms with van der Waals surface area (Å²) in [6.07, 6.45) is 3.71. The van der Waals surface area contributed by atoms with Gasteiger partial charge in [0.2, 0.25) is 5.95 Å². The zero-order valence-electron chi connectivity index (χ0n) is 13.8. The SMILES string of the molecule is CCN.Nc1nc(N2CCCCC2)c2sc3cc(Cl)ccc3c2n1. The first-order valence-corrected chi connectivity index (χ1v) is 9.43. The van der Waals surface area contributed by atoms with Crippen LogP contribution in [0.4, 0.5) is 11.8 Å². The number of piperidine rings is 1. The molecule has 0 saturated carbocycles. The summed E-state index contributed by atoms with van der Waals surface area (Å²) in [5, 5.41) is 1.85. The summed E-state index contributed by atoms with van der Waals surface area (Å²) in [6, 6.07) is 5.90. The van der Waals surface area contributed by atoms with Crippen molar-refractivity contribution < 1.29 is 0 Å². The average Bonchev–Trinajstić information content (AvgIpc) is 2.93. The smallest absolute Gasteiger partial charge is 0.222 e. The molecule has 7 heteroatoms. The Morgan fingerprint density at radius 3 is 2.62 bits per heavy atom. The van der Waals surface area contributed by atoms with Crippen molar-refractivity contribution in [1.29, 1.82) is 0 Å². The van der Waals surface area contributed by atoms with E-state index in [0.717, 1.165) is 50.8 Å². The number of nitrogen functional groups attached to an aromatic ring is 1. The number of aromatic nitrogens is 2. The lowest BCUT2D eigenvalue weighted by Gasteiger charge is -2.28. The minimum absolute atomic E-state index is 0.345. The Morgan fingerprint density at radius 2 is 1.92 bits per heavy atom. The van der Waals surface area contributed by atoms with Crippen molar-refractivity contribution in [3.05, 3.63) is 23.2 Å². The highest BCUT2D eigenvalue weighted by molar-refractivity contribution is 7.26. The van der Waals surface area contributed by atoms with E-state index in [4.69, 9.17) is 23.1 Å². The summed E-state index contributed by atoms with van der Waals surface area (Å²) in [6.45, 7) is 4.74. The van der Waals surface area contributed by atoms with E-state index in [2.05, 4.69) is 14.9 Å². The van der Waals surface area contributed by atoms with Crippen LogP contribution < -0.4 is 16.4 Å². The fraction of sp³-hybridized carbons (Fsp3) is 0.412. The Labute approximate surface area is 150 Å². The maximum atomic E-state index is 6.10. The van der Waals surface area contributed by atoms with Crippen molar-refractivity contribution in [2.75, 3.05) is 30.3 Å². The molecule has 0 atom stereocenters. The Bertz CT molecular complexity index is 842. The molecule has 1 aliphatic rings. The molecule has 1 aromatic carbocycles. The molecule has 0 spiro atoms. The third kappa shape index (κ3) is 3.41. The number of hydrogen-bond donors (Lipinski definition) is 2. The van der Waals surface area contributed by atoms with E-state index in [0.29, 0.717) is 5.95 Å². The quantitative estimate of drug-likeness (QED) is 0.682. The van der Waals surface area contributed by atoms with Crippen LogP contribution in [0.25, 0.3) is 20.3 Å². The number of halogens is 1. The fourth-order valence-electron chi connectivity index (χ4n) is 2.94. The summed E-state index contributed by atoms with van der Waals surface area (Å²) < 4.78 is 2.25. The normalized spacial score (nSPS) is 14.7. The van der Waals surface area contributed by atoms with Gasteiger partial charge in [0.1, 0.15) is 0 Å². The highest BCUT2D eigenvalue weighted by Gasteiger charge is 2.19. The largest absolute Gasteiger partial charge is 0.368 e. The number of rotatable bonds is 1. The van der Waals surface area contributed by atoms with E-state index in [1.807, 2.05) is 25.1 Å². The van der Waals surface area contributed by atoms with E-state index in [1.165, 1.54) is 19.3 Å². The number of nitrogens with two attached hydrogens (primary N) is 2. The van der Waals surface area contributed by atoms with Crippen molar-refractivity contribution in [3.63, 3.8) is 0 Å². The summed E-state index contributed by atoms with van der Waals surface area (Å²) in [5.41, 5.74) is 11.7. The summed E-state index contributed by atoms with van der Waals surface area (Å²) in [7, 11) is 0. The van der Waals surface area contributed by atoms with Gasteiger partial charge in [0.05, 0.1) is 10.2 Å². The van der Waals surface area contributed by atoms with Gasteiger partial charge in [-0.25, -0.2) is 4.98 Å². The van der Waals surface area contributed by atoms with Crippen LogP contribution >= 0.6 is 22.9 Å². The lowest BCUT2D eigenvalue weighted by atomic mass is 10.1. The number of anilines is 2. The van der Waals surface area contributed by atoms with Crippen LogP contribution in [0.1, 0.15) is 26.2 Å². The number of nitrogens with zero attached hydrogens (tertiary/aromatic N) is 3. The molecule has 0 bridgehead atoms. The van der Waals surface area contributed by atoms with E-state index in [1.54, 1.807) is 11.3 Å². The Kier molecular flexibility index (Phi) is 5.38. The Balaban J connectivity index is 0.000000526. The second-order valence-corrected chi connectivity index (χ2v) is 7.27. The molecule has 24 heavy (non-hydrogen) atoms. The summed E-state index contributed by atoms with van der Waals surface area (Å²) in [5.74, 6) is 1.33. The second-order valence-electron chi connectivity index (χ2n) is 5.78. The molecule has 4 rings (SSSR count). The van der Waals surface area contributed by atoms with Crippen LogP contribution in [-0.2, 0) is 0 Å². The molecule has 3 heterocycles. The number of fused-ring (bicyclic) bond motifs is 3. The van der Waals surface area contributed by atoms with Crippen LogP contribution in [-0.4, -0.2) is 29.6 Å². The predicted molar refractivity (Wildman–Crippen MR) is 105 cm³/mol. The molecule has 128 valence electrons. The van der Waals surface area contributed by atoms with Gasteiger partial charge in [-0.05, 0) is 44.0 Å². The van der Waals surface area contributed by atoms with Gasteiger partial charge < -0.3 is 16.4 Å². The molecule has 3 aromatic rings. The van der Waals surface area contributed by atoms with Crippen molar-refractivity contribution >= 4 is 55.0 Å². The van der Waals surface area contributed by atoms with Crippen molar-refractivity contribution in [1.82, 2.24) is 9.97 Å². The highest BCUT2D eigenvalue weighted by atomic mass is 35.5. The van der Waals surface area contributed by atoms with Crippen molar-refractivity contribution in [2.45, 2.75) is 26.2 Å². The van der Waals surface area contributed by atoms with Gasteiger partial charge in [-0.15, -0.1) is 11.3 Å². The molecule has 2 aromatic heterocycles. The van der Waals surface area contributed by atoms with Crippen LogP contribution in [0.3, 0.4) is 0 Å². The van der Waals surface area contributed by atoms with Gasteiger partial charge in [0, 0.05) is 28.2 Å². The zero-order valence-corrected chi connectivity index (χ0v) is 15.3. The Hall–Kier alpha value is -1.63. The summed E-state index contributed by atoms with van der Waals surface area (Å²) in [4.78, 5) is 11.3. The molecule has 0 unspecified atom stereocenters. The van der Waals surface area contributed by atoms with Crippen molar-refractivity contribution in [2.24, 2.45) is 5.73 Å². The lowest BCUT2D eigenvalue weighted by molar-refractivity contribution is 0.575. The van der Waals surface area contributed by atoms with Gasteiger partial charge in [-0.2, -0.15) is 4.98 Å². The van der Waals surface area contributed by atoms with E-state index < -0.39 is 0 Å². The molecular weight excluding hydrogens is 342 g/mol.